The van der Waals surface area contributed by atoms with Crippen LogP contribution in [-0.2, 0) is 0 Å². The van der Waals surface area contributed by atoms with Crippen molar-refractivity contribution < 1.29 is 4.42 Å². The first kappa shape index (κ1) is 30.7. The maximum absolute atomic E-state index is 6.40. The second-order valence-corrected chi connectivity index (χ2v) is 14.2. The highest BCUT2D eigenvalue weighted by atomic mass is 16.3. The Labute approximate surface area is 320 Å². The molecule has 262 valence electrons. The standard InChI is InChI=1S/C50H31N5O/c1-3-16-32(17-4-1)48-49(33-18-5-2-6-19-33)55(52-51-48)43-28-15-23-35-34-20-7-10-24-38(34)54(50(35)43)41-27-13-12-26-40(41)53-39-25-11-8-21-36(39)46-42(53)30-31-45-47(46)37-22-9-14-29-44(37)56-45/h1-31H. The minimum absolute atomic E-state index is 0.834. The minimum atomic E-state index is 0.834. The summed E-state index contributed by atoms with van der Waals surface area (Å²) >= 11 is 0. The maximum atomic E-state index is 6.40. The summed E-state index contributed by atoms with van der Waals surface area (Å²) in [6.07, 6.45) is 0. The van der Waals surface area contributed by atoms with E-state index in [4.69, 9.17) is 14.7 Å². The van der Waals surface area contributed by atoms with Gasteiger partial charge in [-0.25, -0.2) is 4.68 Å². The molecule has 0 amide bonds. The zero-order chi connectivity index (χ0) is 36.7. The third-order valence-corrected chi connectivity index (χ3v) is 11.2. The highest BCUT2D eigenvalue weighted by Gasteiger charge is 2.25. The van der Waals surface area contributed by atoms with Crippen molar-refractivity contribution in [2.24, 2.45) is 0 Å². The second-order valence-electron chi connectivity index (χ2n) is 14.2. The van der Waals surface area contributed by atoms with Gasteiger partial charge in [0.05, 0.1) is 39.1 Å². The lowest BCUT2D eigenvalue weighted by molar-refractivity contribution is 0.669. The molecule has 0 aliphatic heterocycles. The molecule has 0 spiro atoms. The van der Waals surface area contributed by atoms with E-state index < -0.39 is 0 Å². The fourth-order valence-electron chi connectivity index (χ4n) is 8.89. The van der Waals surface area contributed by atoms with Crippen LogP contribution in [0.4, 0.5) is 0 Å². The van der Waals surface area contributed by atoms with Gasteiger partial charge in [0, 0.05) is 43.4 Å². The summed E-state index contributed by atoms with van der Waals surface area (Å²) in [4.78, 5) is 0. The van der Waals surface area contributed by atoms with E-state index in [2.05, 4.69) is 167 Å². The van der Waals surface area contributed by atoms with Crippen molar-refractivity contribution in [2.45, 2.75) is 0 Å². The molecule has 0 fully saturated rings. The number of furan rings is 1. The van der Waals surface area contributed by atoms with Crippen LogP contribution in [0.1, 0.15) is 0 Å². The SMILES string of the molecule is c1ccc(-c2nnn(-c3cccc4c5ccccc5n(-c5ccccc5-n5c6ccccc6c6c7c(ccc65)oc5ccccc57)c34)c2-c2ccccc2)cc1. The van der Waals surface area contributed by atoms with Crippen molar-refractivity contribution in [3.8, 4) is 39.6 Å². The zero-order valence-corrected chi connectivity index (χ0v) is 30.0. The highest BCUT2D eigenvalue weighted by Crippen LogP contribution is 2.44. The summed E-state index contributed by atoms with van der Waals surface area (Å²) in [7, 11) is 0. The number of benzene rings is 8. The predicted molar refractivity (Wildman–Crippen MR) is 228 cm³/mol. The number of nitrogens with zero attached hydrogens (tertiary/aromatic N) is 5. The van der Waals surface area contributed by atoms with Gasteiger partial charge in [-0.15, -0.1) is 5.10 Å². The van der Waals surface area contributed by atoms with Gasteiger partial charge in [0.1, 0.15) is 22.6 Å². The second kappa shape index (κ2) is 11.9. The Morgan fingerprint density at radius 2 is 0.964 bits per heavy atom. The van der Waals surface area contributed by atoms with Gasteiger partial charge in [0.25, 0.3) is 0 Å². The van der Waals surface area contributed by atoms with Crippen LogP contribution < -0.4 is 0 Å². The lowest BCUT2D eigenvalue weighted by Gasteiger charge is -2.18. The van der Waals surface area contributed by atoms with Crippen molar-refractivity contribution >= 4 is 65.6 Å². The normalized spacial score (nSPS) is 11.9. The summed E-state index contributed by atoms with van der Waals surface area (Å²) in [6, 6.07) is 66.1. The number of rotatable bonds is 5. The summed E-state index contributed by atoms with van der Waals surface area (Å²) < 4.78 is 13.3. The number of hydrogen-bond acceptors (Lipinski definition) is 3. The van der Waals surface area contributed by atoms with E-state index in [0.717, 1.165) is 94.4 Å². The van der Waals surface area contributed by atoms with Gasteiger partial charge in [-0.05, 0) is 48.5 Å². The average molecular weight is 718 g/mol. The van der Waals surface area contributed by atoms with Crippen molar-refractivity contribution in [2.75, 3.05) is 0 Å². The van der Waals surface area contributed by atoms with Crippen molar-refractivity contribution in [3.05, 3.63) is 188 Å². The quantitative estimate of drug-likeness (QED) is 0.178. The number of para-hydroxylation sites is 6. The molecule has 4 heterocycles. The van der Waals surface area contributed by atoms with Gasteiger partial charge in [-0.3, -0.25) is 0 Å². The van der Waals surface area contributed by atoms with Gasteiger partial charge < -0.3 is 13.6 Å². The Morgan fingerprint density at radius 3 is 1.75 bits per heavy atom. The molecule has 0 radical (unpaired) electrons. The molecule has 0 atom stereocenters. The Balaban J connectivity index is 1.19. The Kier molecular flexibility index (Phi) is 6.53. The monoisotopic (exact) mass is 717 g/mol. The molecule has 0 saturated carbocycles. The fourth-order valence-corrected chi connectivity index (χ4v) is 8.89. The van der Waals surface area contributed by atoms with Crippen LogP contribution in [0.3, 0.4) is 0 Å². The molecule has 6 nitrogen and oxygen atoms in total. The van der Waals surface area contributed by atoms with Crippen LogP contribution in [0.25, 0.3) is 105 Å². The molecule has 12 rings (SSSR count). The number of hydrogen-bond donors (Lipinski definition) is 0. The molecular weight excluding hydrogens is 687 g/mol. The van der Waals surface area contributed by atoms with Gasteiger partial charge in [0.15, 0.2) is 0 Å². The fraction of sp³-hybridized carbons (Fsp3) is 0. The molecule has 56 heavy (non-hydrogen) atoms. The van der Waals surface area contributed by atoms with Crippen LogP contribution >= 0.6 is 0 Å². The number of fused-ring (bicyclic) bond motifs is 10. The minimum Gasteiger partial charge on any atom is -0.456 e. The van der Waals surface area contributed by atoms with Gasteiger partial charge in [0.2, 0.25) is 0 Å². The van der Waals surface area contributed by atoms with E-state index in [0.29, 0.717) is 0 Å². The van der Waals surface area contributed by atoms with E-state index in [-0.39, 0.29) is 0 Å². The van der Waals surface area contributed by atoms with E-state index in [1.807, 2.05) is 35.0 Å². The summed E-state index contributed by atoms with van der Waals surface area (Å²) in [5, 5.41) is 16.7. The molecular formula is C50H31N5O. The molecule has 6 heteroatoms. The lowest BCUT2D eigenvalue weighted by Crippen LogP contribution is -2.06. The molecule has 0 aliphatic rings. The lowest BCUT2D eigenvalue weighted by atomic mass is 10.0. The number of aromatic nitrogens is 5. The van der Waals surface area contributed by atoms with Crippen LogP contribution in [0.15, 0.2) is 192 Å². The zero-order valence-electron chi connectivity index (χ0n) is 30.0. The molecule has 4 aromatic heterocycles. The van der Waals surface area contributed by atoms with Gasteiger partial charge >= 0.3 is 0 Å². The van der Waals surface area contributed by atoms with Crippen LogP contribution in [0.2, 0.25) is 0 Å². The first-order chi connectivity index (χ1) is 27.8. The Morgan fingerprint density at radius 1 is 0.375 bits per heavy atom. The molecule has 0 unspecified atom stereocenters. The Hall–Kier alpha value is -7.70. The maximum Gasteiger partial charge on any atom is 0.136 e. The average Bonchev–Trinajstić information content (AvgIpc) is 4.04. The van der Waals surface area contributed by atoms with Crippen molar-refractivity contribution in [1.29, 1.82) is 0 Å². The topological polar surface area (TPSA) is 53.7 Å². The first-order valence-electron chi connectivity index (χ1n) is 18.9. The van der Waals surface area contributed by atoms with Gasteiger partial charge in [-0.2, -0.15) is 0 Å². The van der Waals surface area contributed by atoms with Crippen molar-refractivity contribution in [1.82, 2.24) is 24.1 Å². The molecule has 0 bridgehead atoms. The first-order valence-corrected chi connectivity index (χ1v) is 18.9. The van der Waals surface area contributed by atoms with Crippen LogP contribution in [-0.4, -0.2) is 24.1 Å². The summed E-state index contributed by atoms with van der Waals surface area (Å²) in [5.41, 5.74) is 13.1. The molecule has 8 aromatic carbocycles. The molecule has 0 saturated heterocycles. The van der Waals surface area contributed by atoms with E-state index in [9.17, 15) is 0 Å². The van der Waals surface area contributed by atoms with Gasteiger partial charge in [-0.1, -0.05) is 145 Å². The third kappa shape index (κ3) is 4.32. The predicted octanol–water partition coefficient (Wildman–Crippen LogP) is 12.7. The smallest absolute Gasteiger partial charge is 0.136 e. The largest absolute Gasteiger partial charge is 0.456 e. The van der Waals surface area contributed by atoms with E-state index >= 15 is 0 Å². The molecule has 0 aliphatic carbocycles. The van der Waals surface area contributed by atoms with E-state index in [1.165, 1.54) is 10.8 Å². The third-order valence-electron chi connectivity index (χ3n) is 11.2. The van der Waals surface area contributed by atoms with Crippen LogP contribution in [0.5, 0.6) is 0 Å². The highest BCUT2D eigenvalue weighted by molar-refractivity contribution is 6.27. The Bertz CT molecular complexity index is 3480. The summed E-state index contributed by atoms with van der Waals surface area (Å²) in [5.74, 6) is 0. The van der Waals surface area contributed by atoms with Crippen molar-refractivity contribution in [3.63, 3.8) is 0 Å². The summed E-state index contributed by atoms with van der Waals surface area (Å²) in [6.45, 7) is 0. The van der Waals surface area contributed by atoms with E-state index in [1.54, 1.807) is 0 Å². The molecule has 12 aromatic rings. The van der Waals surface area contributed by atoms with Crippen LogP contribution in [0, 0.1) is 0 Å². The molecule has 0 N–H and O–H groups in total.